The van der Waals surface area contributed by atoms with Crippen molar-refractivity contribution in [3.63, 3.8) is 0 Å². The number of hydrogen-bond donors (Lipinski definition) is 0. The van der Waals surface area contributed by atoms with E-state index < -0.39 is 43.6 Å². The van der Waals surface area contributed by atoms with Crippen molar-refractivity contribution in [1.29, 1.82) is 0 Å². The van der Waals surface area contributed by atoms with E-state index in [4.69, 9.17) is 9.68 Å². The summed E-state index contributed by atoms with van der Waals surface area (Å²) in [5, 5.41) is 1.07. The predicted molar refractivity (Wildman–Crippen MR) is 95.3 cm³/mol. The molecule has 2 heterocycles. The summed E-state index contributed by atoms with van der Waals surface area (Å²) in [4.78, 5) is 79.0. The van der Waals surface area contributed by atoms with Crippen molar-refractivity contribution in [3.05, 3.63) is 0 Å². The fraction of sp³-hybridized carbons (Fsp3) is 0.647. The maximum atomic E-state index is 11.9. The summed E-state index contributed by atoms with van der Waals surface area (Å²) in [6.07, 6.45) is 0.861. The predicted octanol–water partition coefficient (Wildman–Crippen LogP) is 1.08. The molecule has 0 aromatic heterocycles. The molecule has 2 aliphatic heterocycles. The Kier molecular flexibility index (Phi) is 7.05. The molecule has 0 spiro atoms. The SMILES string of the molecule is C[Si](C)(CCCC(=O)ON1C(=O)CCC1=O)CCC(=O)ON1C(=O)CCC1=O. The summed E-state index contributed by atoms with van der Waals surface area (Å²) < 4.78 is 0. The van der Waals surface area contributed by atoms with Crippen LogP contribution in [0.15, 0.2) is 0 Å². The van der Waals surface area contributed by atoms with Crippen LogP contribution in [0.3, 0.4) is 0 Å². The average Bonchev–Trinajstić information content (AvgIpc) is 3.10. The summed E-state index contributed by atoms with van der Waals surface area (Å²) in [5.41, 5.74) is 0. The van der Waals surface area contributed by atoms with E-state index in [0.29, 0.717) is 22.6 Å². The van der Waals surface area contributed by atoms with E-state index in [0.717, 1.165) is 6.04 Å². The van der Waals surface area contributed by atoms with Gasteiger partial charge in [-0.2, -0.15) is 0 Å². The van der Waals surface area contributed by atoms with Crippen LogP contribution in [0, 0.1) is 0 Å². The number of carbonyl (C=O) groups is 6. The number of amides is 4. The standard InChI is InChI=1S/C17H24N2O8Si/c1-28(2,11-9-17(25)27-19-14(22)7-8-15(19)23)10-3-4-16(24)26-18-12(20)5-6-13(18)21/h3-11H2,1-2H3. The molecule has 2 rings (SSSR count). The summed E-state index contributed by atoms with van der Waals surface area (Å²) in [6.45, 7) is 4.09. The normalized spacial score (nSPS) is 17.5. The quantitative estimate of drug-likeness (QED) is 0.406. The highest BCUT2D eigenvalue weighted by Crippen LogP contribution is 2.22. The molecule has 154 valence electrons. The Morgan fingerprint density at radius 3 is 1.57 bits per heavy atom. The molecule has 0 aromatic carbocycles. The maximum absolute atomic E-state index is 11.9. The van der Waals surface area contributed by atoms with Crippen molar-refractivity contribution >= 4 is 43.6 Å². The zero-order chi connectivity index (χ0) is 20.9. The molecule has 2 saturated heterocycles. The Morgan fingerprint density at radius 1 is 0.750 bits per heavy atom. The Balaban J connectivity index is 1.67. The van der Waals surface area contributed by atoms with Gasteiger partial charge in [-0.25, -0.2) is 9.59 Å². The molecule has 2 aliphatic rings. The van der Waals surface area contributed by atoms with E-state index in [2.05, 4.69) is 0 Å². The summed E-state index contributed by atoms with van der Waals surface area (Å²) >= 11 is 0. The fourth-order valence-corrected chi connectivity index (χ4v) is 5.15. The highest BCUT2D eigenvalue weighted by atomic mass is 28.3. The summed E-state index contributed by atoms with van der Waals surface area (Å²) in [7, 11) is -1.84. The molecule has 0 aromatic rings. The van der Waals surface area contributed by atoms with E-state index >= 15 is 0 Å². The van der Waals surface area contributed by atoms with Gasteiger partial charge in [0.2, 0.25) is 0 Å². The number of nitrogens with zero attached hydrogens (tertiary/aromatic N) is 2. The number of hydroxylamine groups is 4. The highest BCUT2D eigenvalue weighted by molar-refractivity contribution is 6.77. The van der Waals surface area contributed by atoms with Crippen LogP contribution in [0.2, 0.25) is 25.2 Å². The molecule has 0 N–H and O–H groups in total. The van der Waals surface area contributed by atoms with E-state index in [1.54, 1.807) is 0 Å². The van der Waals surface area contributed by atoms with Crippen LogP contribution in [0.25, 0.3) is 0 Å². The van der Waals surface area contributed by atoms with Crippen LogP contribution in [0.4, 0.5) is 0 Å². The largest absolute Gasteiger partial charge is 0.333 e. The Labute approximate surface area is 163 Å². The number of carbonyl (C=O) groups excluding carboxylic acids is 6. The van der Waals surface area contributed by atoms with Gasteiger partial charge in [-0.15, -0.1) is 10.1 Å². The molecule has 0 aliphatic carbocycles. The number of hydrogen-bond acceptors (Lipinski definition) is 8. The van der Waals surface area contributed by atoms with Gasteiger partial charge >= 0.3 is 11.9 Å². The van der Waals surface area contributed by atoms with E-state index in [1.807, 2.05) is 13.1 Å². The average molecular weight is 412 g/mol. The molecule has 2 fully saturated rings. The van der Waals surface area contributed by atoms with Crippen LogP contribution in [0.1, 0.15) is 44.9 Å². The van der Waals surface area contributed by atoms with Crippen LogP contribution in [-0.2, 0) is 38.4 Å². The molecule has 0 bridgehead atoms. The minimum absolute atomic E-state index is 0.0524. The van der Waals surface area contributed by atoms with Crippen molar-refractivity contribution in [2.75, 3.05) is 0 Å². The van der Waals surface area contributed by atoms with Gasteiger partial charge in [-0.05, 0) is 12.5 Å². The molecule has 4 amide bonds. The number of rotatable bonds is 9. The molecular formula is C17H24N2O8Si. The third kappa shape index (κ3) is 5.97. The Hall–Kier alpha value is -2.56. The first-order chi connectivity index (χ1) is 13.1. The fourth-order valence-electron chi connectivity index (χ4n) is 2.89. The molecule has 0 unspecified atom stereocenters. The van der Waals surface area contributed by atoms with Gasteiger partial charge in [-0.3, -0.25) is 19.2 Å². The van der Waals surface area contributed by atoms with Crippen LogP contribution < -0.4 is 0 Å². The molecule has 10 nitrogen and oxygen atoms in total. The second-order valence-electron chi connectivity index (χ2n) is 7.61. The van der Waals surface area contributed by atoms with Crippen LogP contribution in [0.5, 0.6) is 0 Å². The van der Waals surface area contributed by atoms with Gasteiger partial charge in [0, 0.05) is 46.6 Å². The third-order valence-corrected chi connectivity index (χ3v) is 7.95. The molecular weight excluding hydrogens is 388 g/mol. The Morgan fingerprint density at radius 2 is 1.14 bits per heavy atom. The minimum Gasteiger partial charge on any atom is -0.330 e. The Bertz CT molecular complexity index is 673. The zero-order valence-electron chi connectivity index (χ0n) is 16.0. The molecule has 0 saturated carbocycles. The lowest BCUT2D eigenvalue weighted by Crippen LogP contribution is -2.33. The van der Waals surface area contributed by atoms with Crippen LogP contribution in [-0.4, -0.2) is 53.8 Å². The summed E-state index contributed by atoms with van der Waals surface area (Å²) in [6, 6.07) is 1.29. The smallest absolute Gasteiger partial charge is 0.330 e. The van der Waals surface area contributed by atoms with Gasteiger partial charge in [-0.1, -0.05) is 19.1 Å². The zero-order valence-corrected chi connectivity index (χ0v) is 17.0. The molecule has 0 atom stereocenters. The second-order valence-corrected chi connectivity index (χ2v) is 12.9. The molecule has 0 radical (unpaired) electrons. The topological polar surface area (TPSA) is 127 Å². The van der Waals surface area contributed by atoms with Gasteiger partial charge in [0.25, 0.3) is 23.6 Å². The molecule has 11 heteroatoms. The van der Waals surface area contributed by atoms with Crippen molar-refractivity contribution in [2.24, 2.45) is 0 Å². The van der Waals surface area contributed by atoms with Gasteiger partial charge in [0.1, 0.15) is 0 Å². The lowest BCUT2D eigenvalue weighted by molar-refractivity contribution is -0.197. The lowest BCUT2D eigenvalue weighted by atomic mass is 10.3. The lowest BCUT2D eigenvalue weighted by Gasteiger charge is -2.22. The first-order valence-corrected chi connectivity index (χ1v) is 12.6. The monoisotopic (exact) mass is 412 g/mol. The van der Waals surface area contributed by atoms with Gasteiger partial charge in [0.15, 0.2) is 0 Å². The maximum Gasteiger partial charge on any atom is 0.333 e. The first kappa shape index (κ1) is 21.7. The summed E-state index contributed by atoms with van der Waals surface area (Å²) in [5.74, 6) is -3.32. The molecule has 28 heavy (non-hydrogen) atoms. The van der Waals surface area contributed by atoms with Gasteiger partial charge in [0.05, 0.1) is 0 Å². The van der Waals surface area contributed by atoms with Crippen molar-refractivity contribution in [1.82, 2.24) is 10.1 Å². The van der Waals surface area contributed by atoms with Crippen molar-refractivity contribution in [3.8, 4) is 0 Å². The first-order valence-electron chi connectivity index (χ1n) is 9.22. The van der Waals surface area contributed by atoms with Crippen LogP contribution >= 0.6 is 0 Å². The van der Waals surface area contributed by atoms with Crippen molar-refractivity contribution < 1.29 is 38.4 Å². The van der Waals surface area contributed by atoms with E-state index in [9.17, 15) is 28.8 Å². The third-order valence-electron chi connectivity index (χ3n) is 4.64. The highest BCUT2D eigenvalue weighted by Gasteiger charge is 2.34. The second kappa shape index (κ2) is 9.09. The van der Waals surface area contributed by atoms with Gasteiger partial charge < -0.3 is 9.68 Å². The van der Waals surface area contributed by atoms with E-state index in [-0.39, 0.29) is 38.5 Å². The van der Waals surface area contributed by atoms with E-state index in [1.165, 1.54) is 0 Å². The van der Waals surface area contributed by atoms with Crippen molar-refractivity contribution in [2.45, 2.75) is 70.1 Å². The minimum atomic E-state index is -1.84. The number of imide groups is 2.